The van der Waals surface area contributed by atoms with Gasteiger partial charge in [0.25, 0.3) is 0 Å². The summed E-state index contributed by atoms with van der Waals surface area (Å²) in [6.07, 6.45) is 1.87. The lowest BCUT2D eigenvalue weighted by molar-refractivity contribution is 0.600. The van der Waals surface area contributed by atoms with E-state index in [2.05, 4.69) is 228 Å². The zero-order valence-electron chi connectivity index (χ0n) is 41.2. The summed E-state index contributed by atoms with van der Waals surface area (Å²) in [6.45, 7) is 14.5. The third kappa shape index (κ3) is 5.39. The number of rotatable bonds is 5. The molecule has 12 aromatic rings. The molecule has 4 nitrogen and oxygen atoms in total. The molecule has 0 atom stereocenters. The van der Waals surface area contributed by atoms with Gasteiger partial charge in [-0.1, -0.05) is 163 Å². The lowest BCUT2D eigenvalue weighted by Crippen LogP contribution is -2.24. The predicted octanol–water partition coefficient (Wildman–Crippen LogP) is 18.6. The van der Waals surface area contributed by atoms with Crippen LogP contribution < -0.4 is 4.90 Å². The Labute approximate surface area is 418 Å². The van der Waals surface area contributed by atoms with Crippen molar-refractivity contribution in [2.75, 3.05) is 4.90 Å². The third-order valence-electron chi connectivity index (χ3n) is 16.8. The first-order valence-corrected chi connectivity index (χ1v) is 25.3. The molecule has 0 amide bonds. The van der Waals surface area contributed by atoms with Gasteiger partial charge in [-0.05, 0) is 139 Å². The molecule has 3 aliphatic rings. The zero-order chi connectivity index (χ0) is 48.4. The summed E-state index contributed by atoms with van der Waals surface area (Å²) in [6, 6.07) is 68.7. The Morgan fingerprint density at radius 3 is 1.60 bits per heavy atom. The van der Waals surface area contributed by atoms with Gasteiger partial charge in [-0.15, -0.1) is 0 Å². The molecular formula is C68H50N2O2. The second kappa shape index (κ2) is 14.3. The molecule has 9 aromatic carbocycles. The van der Waals surface area contributed by atoms with Crippen LogP contribution in [0.4, 0.5) is 17.1 Å². The fourth-order valence-corrected chi connectivity index (χ4v) is 13.5. The number of hydrogen-bond donors (Lipinski definition) is 0. The van der Waals surface area contributed by atoms with Crippen molar-refractivity contribution >= 4 is 60.9 Å². The minimum atomic E-state index is -0.343. The quantitative estimate of drug-likeness (QED) is 0.172. The van der Waals surface area contributed by atoms with Gasteiger partial charge in [0.1, 0.15) is 22.3 Å². The number of benzene rings is 9. The molecule has 0 aliphatic heterocycles. The standard InChI is InChI=1S/C68H50N2O2/c1-66(2)51-36-42(31-33-45(51)57-53(66)38-49(54-24-16-17-35-69-54)64-59(57)47-21-11-14-25-55(47)71-64)70(41-29-27-40(28-30-41)39-18-8-7-9-19-39)43-32-34-46-52(37-43)68(5,6)62-58(46)60-48-22-12-15-26-56(48)72-65(60)61-44-20-10-13-23-50(44)67(3,4)63(61)62/h7-38H,1-6H3. The molecule has 0 unspecified atom stereocenters. The molecule has 72 heavy (non-hydrogen) atoms. The van der Waals surface area contributed by atoms with Crippen LogP contribution in [0.25, 0.3) is 99.6 Å². The van der Waals surface area contributed by atoms with Crippen LogP contribution in [-0.2, 0) is 16.2 Å². The highest BCUT2D eigenvalue weighted by Gasteiger charge is 2.49. The average Bonchev–Trinajstić information content (AvgIpc) is 4.17. The molecule has 3 aliphatic carbocycles. The fraction of sp³-hybridized carbons (Fsp3) is 0.132. The number of anilines is 3. The van der Waals surface area contributed by atoms with Gasteiger partial charge in [-0.25, -0.2) is 0 Å². The smallest absolute Gasteiger partial charge is 0.145 e. The lowest BCUT2D eigenvalue weighted by atomic mass is 9.72. The van der Waals surface area contributed by atoms with E-state index >= 15 is 0 Å². The maximum atomic E-state index is 7.00. The van der Waals surface area contributed by atoms with Gasteiger partial charge in [-0.2, -0.15) is 0 Å². The van der Waals surface area contributed by atoms with Crippen molar-refractivity contribution in [3.8, 4) is 55.8 Å². The Hall–Kier alpha value is -8.47. The Kier molecular flexibility index (Phi) is 8.23. The first kappa shape index (κ1) is 41.3. The number of nitrogens with zero attached hydrogens (tertiary/aromatic N) is 2. The van der Waals surface area contributed by atoms with Crippen LogP contribution in [0.5, 0.6) is 0 Å². The minimum Gasteiger partial charge on any atom is -0.455 e. The van der Waals surface area contributed by atoms with Gasteiger partial charge in [-0.3, -0.25) is 4.98 Å². The minimum absolute atomic E-state index is 0.237. The van der Waals surface area contributed by atoms with Crippen molar-refractivity contribution < 1.29 is 8.83 Å². The van der Waals surface area contributed by atoms with Crippen LogP contribution in [0.1, 0.15) is 74.9 Å². The van der Waals surface area contributed by atoms with E-state index < -0.39 is 0 Å². The molecular weight excluding hydrogens is 877 g/mol. The van der Waals surface area contributed by atoms with E-state index in [-0.39, 0.29) is 16.2 Å². The van der Waals surface area contributed by atoms with Crippen LogP contribution in [0.3, 0.4) is 0 Å². The van der Waals surface area contributed by atoms with E-state index in [1.165, 1.54) is 83.3 Å². The molecule has 15 rings (SSSR count). The average molecular weight is 927 g/mol. The second-order valence-electron chi connectivity index (χ2n) is 21.8. The molecule has 3 aromatic heterocycles. The van der Waals surface area contributed by atoms with Crippen molar-refractivity contribution in [1.29, 1.82) is 0 Å². The highest BCUT2D eigenvalue weighted by atomic mass is 16.3. The Morgan fingerprint density at radius 1 is 0.375 bits per heavy atom. The number of fused-ring (bicyclic) bond motifs is 19. The van der Waals surface area contributed by atoms with Crippen LogP contribution in [0.2, 0.25) is 0 Å². The van der Waals surface area contributed by atoms with Crippen molar-refractivity contribution in [1.82, 2.24) is 4.98 Å². The van der Waals surface area contributed by atoms with E-state index in [1.807, 2.05) is 12.3 Å². The van der Waals surface area contributed by atoms with Crippen molar-refractivity contribution in [2.45, 2.75) is 57.8 Å². The molecule has 4 heteroatoms. The van der Waals surface area contributed by atoms with Crippen molar-refractivity contribution in [3.05, 3.63) is 228 Å². The zero-order valence-corrected chi connectivity index (χ0v) is 41.2. The second-order valence-corrected chi connectivity index (χ2v) is 21.8. The maximum Gasteiger partial charge on any atom is 0.145 e. The summed E-state index contributed by atoms with van der Waals surface area (Å²) in [5.74, 6) is 0. The summed E-state index contributed by atoms with van der Waals surface area (Å²) in [5.41, 5.74) is 26.0. The van der Waals surface area contributed by atoms with E-state index in [0.717, 1.165) is 66.8 Å². The Morgan fingerprint density at radius 2 is 0.903 bits per heavy atom. The summed E-state index contributed by atoms with van der Waals surface area (Å²) >= 11 is 0. The molecule has 0 N–H and O–H groups in total. The van der Waals surface area contributed by atoms with E-state index in [9.17, 15) is 0 Å². The monoisotopic (exact) mass is 926 g/mol. The molecule has 0 fully saturated rings. The van der Waals surface area contributed by atoms with Gasteiger partial charge in [0, 0.05) is 72.2 Å². The Bertz CT molecular complexity index is 4280. The molecule has 0 saturated heterocycles. The fourth-order valence-electron chi connectivity index (χ4n) is 13.5. The highest BCUT2D eigenvalue weighted by molar-refractivity contribution is 6.21. The number of pyridine rings is 1. The molecule has 0 radical (unpaired) electrons. The van der Waals surface area contributed by atoms with Crippen LogP contribution >= 0.6 is 0 Å². The first-order chi connectivity index (χ1) is 35.0. The molecule has 3 heterocycles. The molecule has 0 spiro atoms. The van der Waals surface area contributed by atoms with Crippen LogP contribution in [0.15, 0.2) is 203 Å². The molecule has 0 saturated carbocycles. The maximum absolute atomic E-state index is 7.00. The van der Waals surface area contributed by atoms with Crippen LogP contribution in [-0.4, -0.2) is 4.98 Å². The van der Waals surface area contributed by atoms with E-state index in [4.69, 9.17) is 13.8 Å². The summed E-state index contributed by atoms with van der Waals surface area (Å²) in [5, 5.41) is 4.64. The van der Waals surface area contributed by atoms with Crippen molar-refractivity contribution in [3.63, 3.8) is 0 Å². The summed E-state index contributed by atoms with van der Waals surface area (Å²) < 4.78 is 13.8. The third-order valence-corrected chi connectivity index (χ3v) is 16.8. The number of hydrogen-bond acceptors (Lipinski definition) is 4. The Balaban J connectivity index is 0.953. The number of furan rings is 2. The van der Waals surface area contributed by atoms with Gasteiger partial charge in [0.2, 0.25) is 0 Å². The topological polar surface area (TPSA) is 42.4 Å². The summed E-state index contributed by atoms with van der Waals surface area (Å²) in [7, 11) is 0. The van der Waals surface area contributed by atoms with Crippen LogP contribution in [0, 0.1) is 0 Å². The summed E-state index contributed by atoms with van der Waals surface area (Å²) in [4.78, 5) is 7.33. The molecule has 0 bridgehead atoms. The normalized spacial score (nSPS) is 15.1. The largest absolute Gasteiger partial charge is 0.455 e. The number of para-hydroxylation sites is 2. The van der Waals surface area contributed by atoms with Gasteiger partial charge in [0.15, 0.2) is 0 Å². The first-order valence-electron chi connectivity index (χ1n) is 25.3. The molecule has 344 valence electrons. The SMILES string of the molecule is CC1(C)c2cc(N(c3ccc(-c4ccccc4)cc3)c3ccc4c(c3)C(C)(C)c3c5c(c6oc7ccccc7c6c3-4)-c3ccccc3C5(C)C)ccc2-c2c1cc(-c1ccccn1)c1oc3ccccc3c21. The van der Waals surface area contributed by atoms with Gasteiger partial charge >= 0.3 is 0 Å². The lowest BCUT2D eigenvalue weighted by Gasteiger charge is -2.32. The number of aromatic nitrogens is 1. The predicted molar refractivity (Wildman–Crippen MR) is 297 cm³/mol. The van der Waals surface area contributed by atoms with Gasteiger partial charge in [0.05, 0.1) is 5.69 Å². The highest BCUT2D eigenvalue weighted by Crippen LogP contribution is 2.64. The van der Waals surface area contributed by atoms with Gasteiger partial charge < -0.3 is 13.7 Å². The van der Waals surface area contributed by atoms with Crippen molar-refractivity contribution in [2.24, 2.45) is 0 Å². The van der Waals surface area contributed by atoms with E-state index in [1.54, 1.807) is 0 Å². The van der Waals surface area contributed by atoms with E-state index in [0.29, 0.717) is 0 Å².